The molecule has 0 heterocycles. The number of halogens is 2. The van der Waals surface area contributed by atoms with Crippen molar-refractivity contribution in [1.29, 1.82) is 0 Å². The van der Waals surface area contributed by atoms with Gasteiger partial charge in [-0.1, -0.05) is 0 Å². The van der Waals surface area contributed by atoms with E-state index in [1.165, 1.54) is 7.11 Å². The predicted octanol–water partition coefficient (Wildman–Crippen LogP) is 1.90. The summed E-state index contributed by atoms with van der Waals surface area (Å²) in [5.41, 5.74) is 3.75. The van der Waals surface area contributed by atoms with E-state index in [0.717, 1.165) is 0 Å². The van der Waals surface area contributed by atoms with Crippen LogP contribution in [0.2, 0.25) is 0 Å². The van der Waals surface area contributed by atoms with Crippen molar-refractivity contribution in [3.05, 3.63) is 22.8 Å². The Morgan fingerprint density at radius 3 is 2.25 bits per heavy atom. The van der Waals surface area contributed by atoms with E-state index in [1.54, 1.807) is 20.8 Å². The van der Waals surface area contributed by atoms with Crippen LogP contribution in [0.25, 0.3) is 0 Å². The first-order valence-corrected chi connectivity index (χ1v) is 8.57. The highest BCUT2D eigenvalue weighted by molar-refractivity contribution is 5.97. The summed E-state index contributed by atoms with van der Waals surface area (Å²) in [6.07, 6.45) is -0.940. The molecule has 154 valence electrons. The van der Waals surface area contributed by atoms with E-state index in [2.05, 4.69) is 15.4 Å². The van der Waals surface area contributed by atoms with Gasteiger partial charge in [-0.05, 0) is 44.7 Å². The van der Waals surface area contributed by atoms with E-state index in [0.29, 0.717) is 0 Å². The number of methoxy groups -OCH3 is 1. The number of anilines is 2. The molecule has 4 N–H and O–H groups in total. The zero-order chi connectivity index (χ0) is 21.2. The topological polar surface area (TPSA) is 120 Å². The highest BCUT2D eigenvalue weighted by atomic mass is 19.1. The largest absolute Gasteiger partial charge is 0.469 e. The van der Waals surface area contributed by atoms with Crippen molar-refractivity contribution in [2.45, 2.75) is 39.2 Å². The number of rotatable bonds is 4. The summed E-state index contributed by atoms with van der Waals surface area (Å²) in [7, 11) is 1.19. The molecule has 1 atom stereocenters. The van der Waals surface area contributed by atoms with Crippen molar-refractivity contribution in [1.82, 2.24) is 5.32 Å². The number of fused-ring (bicyclic) bond motifs is 1. The molecule has 0 spiro atoms. The van der Waals surface area contributed by atoms with Crippen molar-refractivity contribution < 1.29 is 32.6 Å². The van der Waals surface area contributed by atoms with Gasteiger partial charge in [0.25, 0.3) is 0 Å². The summed E-state index contributed by atoms with van der Waals surface area (Å²) in [5, 5.41) is 4.36. The van der Waals surface area contributed by atoms with Crippen molar-refractivity contribution in [2.24, 2.45) is 5.92 Å². The first kappa shape index (κ1) is 21.4. The molecule has 2 amide bonds. The first-order valence-electron chi connectivity index (χ1n) is 8.57. The summed E-state index contributed by atoms with van der Waals surface area (Å²) in [4.78, 5) is 35.3. The molecule has 2 rings (SSSR count). The van der Waals surface area contributed by atoms with Crippen LogP contribution in [0.4, 0.5) is 25.0 Å². The Labute approximate surface area is 160 Å². The van der Waals surface area contributed by atoms with Gasteiger partial charge in [-0.25, -0.2) is 13.6 Å². The Balaban J connectivity index is 2.13. The second-order valence-corrected chi connectivity index (χ2v) is 7.41. The molecule has 8 nitrogen and oxygen atoms in total. The molecular weight excluding hydrogens is 376 g/mol. The molecule has 0 aliphatic heterocycles. The molecule has 1 aliphatic rings. The third kappa shape index (κ3) is 4.68. The van der Waals surface area contributed by atoms with Gasteiger partial charge >= 0.3 is 12.1 Å². The monoisotopic (exact) mass is 399 g/mol. The Morgan fingerprint density at radius 1 is 1.14 bits per heavy atom. The van der Waals surface area contributed by atoms with E-state index >= 15 is 0 Å². The molecule has 1 aliphatic carbocycles. The van der Waals surface area contributed by atoms with Gasteiger partial charge in [-0.15, -0.1) is 0 Å². The van der Waals surface area contributed by atoms with Gasteiger partial charge < -0.3 is 25.8 Å². The van der Waals surface area contributed by atoms with Crippen LogP contribution >= 0.6 is 0 Å². The number of amides is 2. The number of alkyl carbamates (subject to hydrolysis) is 1. The smallest absolute Gasteiger partial charge is 0.408 e. The number of carbonyl (C=O) groups is 3. The Bertz CT molecular complexity index is 821. The second-order valence-electron chi connectivity index (χ2n) is 7.41. The number of ether oxygens (including phenoxy) is 2. The van der Waals surface area contributed by atoms with Gasteiger partial charge in [-0.3, -0.25) is 9.59 Å². The minimum Gasteiger partial charge on any atom is -0.469 e. The lowest BCUT2D eigenvalue weighted by Gasteiger charge is -2.19. The van der Waals surface area contributed by atoms with Crippen LogP contribution in [-0.2, 0) is 31.9 Å². The highest BCUT2D eigenvalue weighted by Gasteiger charge is 2.35. The fraction of sp³-hybridized carbons (Fsp3) is 0.500. The van der Waals surface area contributed by atoms with Crippen molar-refractivity contribution >= 4 is 29.3 Å². The molecule has 0 saturated carbocycles. The fourth-order valence-electron chi connectivity index (χ4n) is 2.90. The predicted molar refractivity (Wildman–Crippen MR) is 96.6 cm³/mol. The molecule has 10 heteroatoms. The molecule has 0 radical (unpaired) electrons. The van der Waals surface area contributed by atoms with Crippen molar-refractivity contribution in [2.75, 3.05) is 24.7 Å². The maximum absolute atomic E-state index is 14.8. The number of hydrogen-bond acceptors (Lipinski definition) is 6. The van der Waals surface area contributed by atoms with Gasteiger partial charge in [0.2, 0.25) is 5.91 Å². The average Bonchev–Trinajstić information content (AvgIpc) is 3.05. The third-order valence-electron chi connectivity index (χ3n) is 4.11. The quantitative estimate of drug-likeness (QED) is 0.525. The minimum atomic E-state index is -0.911. The molecule has 1 aromatic carbocycles. The van der Waals surface area contributed by atoms with Crippen LogP contribution in [0, 0.1) is 17.6 Å². The van der Waals surface area contributed by atoms with E-state index in [9.17, 15) is 23.2 Å². The van der Waals surface area contributed by atoms with Crippen LogP contribution in [0.15, 0.2) is 0 Å². The molecular formula is C18H23F2N3O5. The normalized spacial score (nSPS) is 15.6. The van der Waals surface area contributed by atoms with E-state index in [1.807, 2.05) is 0 Å². The summed E-state index contributed by atoms with van der Waals surface area (Å²) in [6, 6.07) is 0. The summed E-state index contributed by atoms with van der Waals surface area (Å²) >= 11 is 0. The van der Waals surface area contributed by atoms with E-state index in [4.69, 9.17) is 10.5 Å². The molecule has 28 heavy (non-hydrogen) atoms. The van der Waals surface area contributed by atoms with Crippen LogP contribution in [0.3, 0.4) is 0 Å². The molecule has 0 aromatic heterocycles. The molecule has 0 bridgehead atoms. The lowest BCUT2D eigenvalue weighted by molar-refractivity contribution is -0.145. The van der Waals surface area contributed by atoms with Crippen LogP contribution in [0.1, 0.15) is 31.9 Å². The number of benzene rings is 1. The minimum absolute atomic E-state index is 0.00437. The Kier molecular flexibility index (Phi) is 6.10. The van der Waals surface area contributed by atoms with Gasteiger partial charge in [0.05, 0.1) is 18.7 Å². The third-order valence-corrected chi connectivity index (χ3v) is 4.11. The van der Waals surface area contributed by atoms with Gasteiger partial charge in [0.15, 0.2) is 11.6 Å². The summed E-state index contributed by atoms with van der Waals surface area (Å²) in [6.45, 7) is 4.42. The second kappa shape index (κ2) is 7.99. The molecule has 1 aromatic rings. The van der Waals surface area contributed by atoms with E-state index in [-0.39, 0.29) is 24.0 Å². The number of carbonyl (C=O) groups excluding carboxylic acids is 3. The highest BCUT2D eigenvalue weighted by Crippen LogP contribution is 2.39. The summed E-state index contributed by atoms with van der Waals surface area (Å²) in [5.74, 6) is -3.92. The van der Waals surface area contributed by atoms with Crippen LogP contribution in [0.5, 0.6) is 0 Å². The number of nitrogen functional groups attached to an aromatic ring is 1. The first-order chi connectivity index (χ1) is 12.9. The maximum Gasteiger partial charge on any atom is 0.408 e. The number of nitrogens with two attached hydrogens (primary N) is 1. The zero-order valence-corrected chi connectivity index (χ0v) is 16.1. The van der Waals surface area contributed by atoms with Crippen molar-refractivity contribution in [3.8, 4) is 0 Å². The Morgan fingerprint density at radius 2 is 1.71 bits per heavy atom. The lowest BCUT2D eigenvalue weighted by Crippen LogP contribution is -2.37. The van der Waals surface area contributed by atoms with Crippen LogP contribution < -0.4 is 16.4 Å². The molecule has 0 fully saturated rings. The fourth-order valence-corrected chi connectivity index (χ4v) is 2.90. The van der Waals surface area contributed by atoms with Gasteiger partial charge in [-0.2, -0.15) is 0 Å². The van der Waals surface area contributed by atoms with E-state index < -0.39 is 59.0 Å². The van der Waals surface area contributed by atoms with Crippen molar-refractivity contribution in [3.63, 3.8) is 0 Å². The standard InChI is InChI=1S/C18H23F2N3O5/c1-18(2,3)28-17(26)22-7-11(24)23-15-13(20)10-6-8(16(25)27-4)5-9(10)12(19)14(15)21/h8H,5-7,21H2,1-4H3,(H,22,26)(H,23,24). The summed E-state index contributed by atoms with van der Waals surface area (Å²) < 4.78 is 39.0. The average molecular weight is 399 g/mol. The number of hydrogen-bond donors (Lipinski definition) is 3. The maximum atomic E-state index is 14.8. The van der Waals surface area contributed by atoms with Gasteiger partial charge in [0, 0.05) is 0 Å². The van der Waals surface area contributed by atoms with Crippen LogP contribution in [-0.4, -0.2) is 37.2 Å². The molecule has 1 unspecified atom stereocenters. The number of esters is 1. The van der Waals surface area contributed by atoms with Gasteiger partial charge in [0.1, 0.15) is 17.8 Å². The lowest BCUT2D eigenvalue weighted by atomic mass is 10.1. The molecule has 0 saturated heterocycles. The Hall–Kier alpha value is -2.91. The number of nitrogens with one attached hydrogen (secondary N) is 2. The SMILES string of the molecule is COC(=O)C1Cc2c(F)c(N)c(NC(=O)CNC(=O)OC(C)(C)C)c(F)c2C1. The zero-order valence-electron chi connectivity index (χ0n) is 16.1.